The molecule has 0 radical (unpaired) electrons. The number of amidine groups is 1. The van der Waals surface area contributed by atoms with Crippen LogP contribution in [0.2, 0.25) is 0 Å². The van der Waals surface area contributed by atoms with Crippen LogP contribution in [0.25, 0.3) is 4.85 Å². The van der Waals surface area contributed by atoms with Crippen LogP contribution >= 0.6 is 0 Å². The molecule has 2 heterocycles. The van der Waals surface area contributed by atoms with E-state index >= 15 is 0 Å². The second-order valence-corrected chi connectivity index (χ2v) is 7.13. The van der Waals surface area contributed by atoms with Gasteiger partial charge in [0.25, 0.3) is 6.02 Å². The van der Waals surface area contributed by atoms with E-state index in [1.165, 1.54) is 25.3 Å². The molecule has 2 atom stereocenters. The Morgan fingerprint density at radius 3 is 2.65 bits per heavy atom. The number of benzene rings is 1. The zero-order chi connectivity index (χ0) is 23.0. The Bertz CT molecular complexity index is 1090. The lowest BCUT2D eigenvalue weighted by molar-refractivity contribution is -0.208. The van der Waals surface area contributed by atoms with E-state index < -0.39 is 59.7 Å². The quantitative estimate of drug-likeness (QED) is 0.440. The van der Waals surface area contributed by atoms with Gasteiger partial charge in [0.05, 0.1) is 12.1 Å². The molecule has 1 aliphatic heterocycles. The normalized spacial score (nSPS) is 21.1. The van der Waals surface area contributed by atoms with Gasteiger partial charge in [-0.2, -0.15) is 13.2 Å². The number of Topliss-reactive ketones (excluding diaryl/α,β-unsaturated/α-hetero) is 1. The highest BCUT2D eigenvalue weighted by Crippen LogP contribution is 2.41. The Kier molecular flexibility index (Phi) is 5.67. The van der Waals surface area contributed by atoms with Crippen molar-refractivity contribution in [2.75, 3.05) is 0 Å². The number of nitrogens with zero attached hydrogens (tertiary/aromatic N) is 3. The van der Waals surface area contributed by atoms with Crippen LogP contribution in [-0.4, -0.2) is 29.1 Å². The van der Waals surface area contributed by atoms with Crippen LogP contribution in [0.1, 0.15) is 35.0 Å². The number of alkyl halides is 3. The van der Waals surface area contributed by atoms with Crippen LogP contribution in [0.3, 0.4) is 0 Å². The van der Waals surface area contributed by atoms with Crippen LogP contribution in [0, 0.1) is 18.2 Å². The first-order valence-electron chi connectivity index (χ1n) is 8.87. The molecule has 1 aliphatic rings. The molecule has 162 valence electrons. The SMILES string of the molecule is [C-]#[N+]c1ccc(C(=O)Cc2cc(F)c(F)c([C@]3(C)C[C@@H](C(F)(F)F)OC(N)=N3)c2)nc1. The number of ether oxygens (including phenoxy) is 1. The number of carbonyl (C=O) groups is 1. The van der Waals surface area contributed by atoms with Gasteiger partial charge in [0, 0.05) is 24.6 Å². The molecular weight excluding hydrogens is 423 g/mol. The summed E-state index contributed by atoms with van der Waals surface area (Å²) in [5, 5.41) is 0. The molecule has 0 saturated carbocycles. The molecule has 2 N–H and O–H groups in total. The number of halogens is 5. The Morgan fingerprint density at radius 1 is 1.35 bits per heavy atom. The summed E-state index contributed by atoms with van der Waals surface area (Å²) in [7, 11) is 0. The fourth-order valence-electron chi connectivity index (χ4n) is 3.25. The number of ketones is 1. The van der Waals surface area contributed by atoms with Gasteiger partial charge in [-0.25, -0.2) is 18.6 Å². The van der Waals surface area contributed by atoms with Crippen molar-refractivity contribution in [3.05, 3.63) is 70.3 Å². The molecule has 0 bridgehead atoms. The second-order valence-electron chi connectivity index (χ2n) is 7.13. The van der Waals surface area contributed by atoms with E-state index in [9.17, 15) is 26.7 Å². The third-order valence-electron chi connectivity index (χ3n) is 4.76. The van der Waals surface area contributed by atoms with Crippen molar-refractivity contribution in [1.29, 1.82) is 0 Å². The molecule has 1 aromatic carbocycles. The van der Waals surface area contributed by atoms with Gasteiger partial charge in [-0.15, -0.1) is 0 Å². The van der Waals surface area contributed by atoms with Crippen LogP contribution in [0.4, 0.5) is 27.6 Å². The van der Waals surface area contributed by atoms with Crippen molar-refractivity contribution in [2.45, 2.75) is 37.6 Å². The maximum atomic E-state index is 14.6. The van der Waals surface area contributed by atoms with E-state index in [1.54, 1.807) is 0 Å². The van der Waals surface area contributed by atoms with Crippen LogP contribution in [0.15, 0.2) is 35.5 Å². The highest BCUT2D eigenvalue weighted by atomic mass is 19.4. The summed E-state index contributed by atoms with van der Waals surface area (Å²) in [5.41, 5.74) is 3.24. The van der Waals surface area contributed by atoms with Gasteiger partial charge >= 0.3 is 6.18 Å². The van der Waals surface area contributed by atoms with E-state index in [0.717, 1.165) is 12.1 Å². The number of hydrogen-bond acceptors (Lipinski definition) is 5. The fourth-order valence-corrected chi connectivity index (χ4v) is 3.25. The summed E-state index contributed by atoms with van der Waals surface area (Å²) in [6.45, 7) is 8.05. The van der Waals surface area contributed by atoms with E-state index in [0.29, 0.717) is 0 Å². The van der Waals surface area contributed by atoms with E-state index in [1.807, 2.05) is 0 Å². The van der Waals surface area contributed by atoms with Crippen LogP contribution < -0.4 is 5.73 Å². The summed E-state index contributed by atoms with van der Waals surface area (Å²) in [6.07, 6.45) is -7.19. The van der Waals surface area contributed by atoms with Crippen molar-refractivity contribution in [1.82, 2.24) is 4.98 Å². The second kappa shape index (κ2) is 7.94. The number of aromatic nitrogens is 1. The van der Waals surface area contributed by atoms with Gasteiger partial charge in [0.15, 0.2) is 23.5 Å². The monoisotopic (exact) mass is 438 g/mol. The summed E-state index contributed by atoms with van der Waals surface area (Å²) in [5.74, 6) is -3.29. The first-order valence-corrected chi connectivity index (χ1v) is 8.87. The smallest absolute Gasteiger partial charge is 0.425 e. The van der Waals surface area contributed by atoms with E-state index in [-0.39, 0.29) is 16.9 Å². The maximum Gasteiger partial charge on any atom is 0.425 e. The summed E-state index contributed by atoms with van der Waals surface area (Å²) in [6, 6.07) is 3.75. The molecule has 0 aliphatic carbocycles. The molecule has 6 nitrogen and oxygen atoms in total. The molecule has 1 aromatic heterocycles. The molecule has 0 unspecified atom stereocenters. The minimum atomic E-state index is -4.80. The Balaban J connectivity index is 1.96. The number of pyridine rings is 1. The summed E-state index contributed by atoms with van der Waals surface area (Å²) in [4.78, 5) is 23.2. The Hall–Kier alpha value is -3.55. The zero-order valence-electron chi connectivity index (χ0n) is 16.0. The van der Waals surface area contributed by atoms with Gasteiger partial charge in [0.1, 0.15) is 5.69 Å². The average molecular weight is 438 g/mol. The van der Waals surface area contributed by atoms with Gasteiger partial charge < -0.3 is 10.5 Å². The lowest BCUT2D eigenvalue weighted by Gasteiger charge is -2.36. The molecule has 0 saturated heterocycles. The number of nitrogens with two attached hydrogens (primary N) is 1. The lowest BCUT2D eigenvalue weighted by Crippen LogP contribution is -2.46. The topological polar surface area (TPSA) is 81.9 Å². The molecule has 0 fully saturated rings. The molecule has 0 amide bonds. The number of rotatable bonds is 4. The first-order chi connectivity index (χ1) is 14.4. The van der Waals surface area contributed by atoms with Gasteiger partial charge in [-0.05, 0) is 30.7 Å². The van der Waals surface area contributed by atoms with Crippen molar-refractivity contribution < 1.29 is 31.5 Å². The van der Waals surface area contributed by atoms with Gasteiger partial charge in [-0.3, -0.25) is 9.78 Å². The van der Waals surface area contributed by atoms with Gasteiger partial charge in [0.2, 0.25) is 5.69 Å². The lowest BCUT2D eigenvalue weighted by atomic mass is 9.84. The molecule has 11 heteroatoms. The van der Waals surface area contributed by atoms with Crippen LogP contribution in [-0.2, 0) is 16.7 Å². The minimum Gasteiger partial charge on any atom is -0.452 e. The maximum absolute atomic E-state index is 14.6. The fraction of sp³-hybridized carbons (Fsp3) is 0.300. The zero-order valence-corrected chi connectivity index (χ0v) is 16.0. The van der Waals surface area contributed by atoms with Crippen molar-refractivity contribution in [2.24, 2.45) is 10.7 Å². The molecule has 31 heavy (non-hydrogen) atoms. The highest BCUT2D eigenvalue weighted by Gasteiger charge is 2.50. The van der Waals surface area contributed by atoms with E-state index in [4.69, 9.17) is 12.3 Å². The van der Waals surface area contributed by atoms with Crippen molar-refractivity contribution in [3.8, 4) is 0 Å². The average Bonchev–Trinajstić information content (AvgIpc) is 2.69. The predicted molar refractivity (Wildman–Crippen MR) is 99.4 cm³/mol. The summed E-state index contributed by atoms with van der Waals surface area (Å²) < 4.78 is 72.9. The van der Waals surface area contributed by atoms with Crippen molar-refractivity contribution in [3.63, 3.8) is 0 Å². The molecular formula is C20H15F5N4O2. The first kappa shape index (κ1) is 22.1. The summed E-state index contributed by atoms with van der Waals surface area (Å²) >= 11 is 0. The third kappa shape index (κ3) is 4.63. The van der Waals surface area contributed by atoms with E-state index in [2.05, 4.69) is 19.6 Å². The standard InChI is InChI=1S/C20H15F5N4O2/c1-19(8-16(20(23,24)25)31-18(26)29-19)12-5-10(6-13(21)17(12)22)7-15(30)14-4-3-11(27-2)9-28-14/h3-6,9,16H,7-8H2,1H3,(H2,26,29)/t16-,19-/m0/s1. The predicted octanol–water partition coefficient (Wildman–Crippen LogP) is 4.22. The third-order valence-corrected chi connectivity index (χ3v) is 4.76. The minimum absolute atomic E-state index is 0.00429. The molecule has 3 rings (SSSR count). The Morgan fingerprint density at radius 2 is 2.06 bits per heavy atom. The largest absolute Gasteiger partial charge is 0.452 e. The van der Waals surface area contributed by atoms with Crippen LogP contribution in [0.5, 0.6) is 0 Å². The van der Waals surface area contributed by atoms with Gasteiger partial charge in [-0.1, -0.05) is 6.07 Å². The number of aliphatic imine (C=N–C) groups is 1. The highest BCUT2D eigenvalue weighted by molar-refractivity contribution is 5.96. The number of hydrogen-bond donors (Lipinski definition) is 1. The van der Waals surface area contributed by atoms with Crippen molar-refractivity contribution >= 4 is 17.5 Å². The molecule has 2 aromatic rings. The molecule has 0 spiro atoms. The number of carbonyl (C=O) groups excluding carboxylic acids is 1. The Labute approximate surface area is 173 Å².